The molecule has 1 aliphatic carbocycles. The van der Waals surface area contributed by atoms with Crippen molar-refractivity contribution in [2.45, 2.75) is 40.2 Å². The van der Waals surface area contributed by atoms with Crippen LogP contribution in [0, 0.1) is 12.8 Å². The van der Waals surface area contributed by atoms with E-state index < -0.39 is 0 Å². The van der Waals surface area contributed by atoms with E-state index in [-0.39, 0.29) is 0 Å². The maximum atomic E-state index is 11.8. The fourth-order valence-corrected chi connectivity index (χ4v) is 2.46. The second-order valence-electron chi connectivity index (χ2n) is 4.33. The Kier molecular flexibility index (Phi) is 2.22. The highest BCUT2D eigenvalue weighted by atomic mass is 16.1. The smallest absolute Gasteiger partial charge is 0.164 e. The first-order valence-corrected chi connectivity index (χ1v) is 5.35. The summed E-state index contributed by atoms with van der Waals surface area (Å²) in [6.45, 7) is 7.35. The number of carbonyl (C=O) groups excluding carboxylic acids is 1. The molecule has 2 rings (SSSR count). The Morgan fingerprint density at radius 3 is 2.86 bits per heavy atom. The number of fused-ring (bicyclic) bond motifs is 1. The van der Waals surface area contributed by atoms with E-state index in [1.165, 1.54) is 11.4 Å². The minimum atomic E-state index is 0.328. The topological polar surface area (TPSA) is 22.0 Å². The van der Waals surface area contributed by atoms with Gasteiger partial charge in [-0.1, -0.05) is 6.92 Å². The number of carbonyl (C=O) groups is 1. The van der Waals surface area contributed by atoms with Gasteiger partial charge in [0.05, 0.1) is 0 Å². The summed E-state index contributed by atoms with van der Waals surface area (Å²) in [4.78, 5) is 11.8. The standard InChI is InChI=1S/C12H17NO/c1-4-13-9(3)7-10-11(13)5-8(2)6-12(10)14/h7-8H,4-6H2,1-3H3. The molecule has 0 radical (unpaired) electrons. The molecule has 0 saturated carbocycles. The van der Waals surface area contributed by atoms with Gasteiger partial charge in [-0.3, -0.25) is 4.79 Å². The normalized spacial score (nSPS) is 21.1. The minimum Gasteiger partial charge on any atom is -0.348 e. The van der Waals surface area contributed by atoms with Crippen LogP contribution in [0.4, 0.5) is 0 Å². The highest BCUT2D eigenvalue weighted by molar-refractivity contribution is 5.98. The Labute approximate surface area is 84.9 Å². The van der Waals surface area contributed by atoms with E-state index in [1.807, 2.05) is 6.07 Å². The van der Waals surface area contributed by atoms with E-state index in [1.54, 1.807) is 0 Å². The van der Waals surface area contributed by atoms with Crippen LogP contribution in [-0.2, 0) is 13.0 Å². The van der Waals surface area contributed by atoms with Crippen molar-refractivity contribution in [3.8, 4) is 0 Å². The lowest BCUT2D eigenvalue weighted by Crippen LogP contribution is -2.19. The third kappa shape index (κ3) is 1.29. The van der Waals surface area contributed by atoms with Gasteiger partial charge >= 0.3 is 0 Å². The van der Waals surface area contributed by atoms with Gasteiger partial charge in [0, 0.05) is 29.9 Å². The number of aromatic nitrogens is 1. The number of rotatable bonds is 1. The Bertz CT molecular complexity index is 376. The third-order valence-corrected chi connectivity index (χ3v) is 3.11. The molecule has 1 atom stereocenters. The van der Waals surface area contributed by atoms with Crippen molar-refractivity contribution in [3.05, 3.63) is 23.0 Å². The van der Waals surface area contributed by atoms with Gasteiger partial charge in [0.1, 0.15) is 0 Å². The second-order valence-corrected chi connectivity index (χ2v) is 4.33. The van der Waals surface area contributed by atoms with Gasteiger partial charge in [-0.25, -0.2) is 0 Å². The van der Waals surface area contributed by atoms with Crippen LogP contribution in [-0.4, -0.2) is 10.4 Å². The number of Topliss-reactive ketones (excluding diaryl/α,β-unsaturated/α-hetero) is 1. The zero-order valence-electron chi connectivity index (χ0n) is 9.13. The molecule has 2 heteroatoms. The molecule has 0 bridgehead atoms. The monoisotopic (exact) mass is 191 g/mol. The quantitative estimate of drug-likeness (QED) is 0.668. The summed E-state index contributed by atoms with van der Waals surface area (Å²) in [5.41, 5.74) is 3.45. The van der Waals surface area contributed by atoms with E-state index in [9.17, 15) is 4.79 Å². The molecule has 1 heterocycles. The number of hydrogen-bond acceptors (Lipinski definition) is 1. The molecule has 1 aromatic heterocycles. The van der Waals surface area contributed by atoms with Crippen LogP contribution in [0.1, 0.15) is 42.0 Å². The van der Waals surface area contributed by atoms with Crippen molar-refractivity contribution >= 4 is 5.78 Å². The molecular weight excluding hydrogens is 174 g/mol. The van der Waals surface area contributed by atoms with Crippen molar-refractivity contribution < 1.29 is 4.79 Å². The average Bonchev–Trinajstić information content (AvgIpc) is 2.41. The molecule has 0 saturated heterocycles. The first kappa shape index (κ1) is 9.50. The van der Waals surface area contributed by atoms with Crippen LogP contribution in [0.2, 0.25) is 0 Å². The third-order valence-electron chi connectivity index (χ3n) is 3.11. The molecule has 0 N–H and O–H groups in total. The Hall–Kier alpha value is -1.05. The zero-order chi connectivity index (χ0) is 10.3. The van der Waals surface area contributed by atoms with Crippen LogP contribution < -0.4 is 0 Å². The van der Waals surface area contributed by atoms with Crippen LogP contribution in [0.5, 0.6) is 0 Å². The molecule has 0 amide bonds. The van der Waals surface area contributed by atoms with Crippen LogP contribution in [0.25, 0.3) is 0 Å². The van der Waals surface area contributed by atoms with Gasteiger partial charge in [-0.05, 0) is 32.3 Å². The van der Waals surface area contributed by atoms with E-state index >= 15 is 0 Å². The van der Waals surface area contributed by atoms with Gasteiger partial charge < -0.3 is 4.57 Å². The fraction of sp³-hybridized carbons (Fsp3) is 0.583. The first-order chi connectivity index (χ1) is 6.63. The SMILES string of the molecule is CCn1c(C)cc2c1CC(C)CC2=O. The molecule has 1 aromatic rings. The highest BCUT2D eigenvalue weighted by Crippen LogP contribution is 2.27. The highest BCUT2D eigenvalue weighted by Gasteiger charge is 2.25. The maximum Gasteiger partial charge on any atom is 0.164 e. The van der Waals surface area contributed by atoms with Crippen molar-refractivity contribution in [3.63, 3.8) is 0 Å². The zero-order valence-corrected chi connectivity index (χ0v) is 9.13. The number of aryl methyl sites for hydroxylation is 1. The van der Waals surface area contributed by atoms with Gasteiger partial charge in [0.25, 0.3) is 0 Å². The molecule has 2 nitrogen and oxygen atoms in total. The van der Waals surface area contributed by atoms with Gasteiger partial charge in [0.2, 0.25) is 0 Å². The van der Waals surface area contributed by atoms with Crippen LogP contribution >= 0.6 is 0 Å². The predicted molar refractivity (Wildman–Crippen MR) is 56.7 cm³/mol. The number of ketones is 1. The fourth-order valence-electron chi connectivity index (χ4n) is 2.46. The molecular formula is C12H17NO. The molecule has 0 aromatic carbocycles. The van der Waals surface area contributed by atoms with Gasteiger partial charge in [-0.15, -0.1) is 0 Å². The Morgan fingerprint density at radius 1 is 1.50 bits per heavy atom. The Morgan fingerprint density at radius 2 is 2.21 bits per heavy atom. The molecule has 1 aliphatic rings. The lowest BCUT2D eigenvalue weighted by Gasteiger charge is -2.19. The summed E-state index contributed by atoms with van der Waals surface area (Å²) in [6, 6.07) is 2.05. The lowest BCUT2D eigenvalue weighted by atomic mass is 9.88. The molecule has 14 heavy (non-hydrogen) atoms. The van der Waals surface area contributed by atoms with Crippen LogP contribution in [0.3, 0.4) is 0 Å². The number of nitrogens with zero attached hydrogens (tertiary/aromatic N) is 1. The average molecular weight is 191 g/mol. The largest absolute Gasteiger partial charge is 0.348 e. The molecule has 0 aliphatic heterocycles. The van der Waals surface area contributed by atoms with E-state index in [0.29, 0.717) is 11.7 Å². The molecule has 0 spiro atoms. The van der Waals surface area contributed by atoms with E-state index in [0.717, 1.165) is 24.9 Å². The minimum absolute atomic E-state index is 0.328. The summed E-state index contributed by atoms with van der Waals surface area (Å²) in [6.07, 6.45) is 1.78. The summed E-state index contributed by atoms with van der Waals surface area (Å²) in [5.74, 6) is 0.837. The summed E-state index contributed by atoms with van der Waals surface area (Å²) < 4.78 is 2.27. The first-order valence-electron chi connectivity index (χ1n) is 5.35. The second kappa shape index (κ2) is 3.26. The van der Waals surface area contributed by atoms with Crippen molar-refractivity contribution in [2.24, 2.45) is 5.92 Å². The molecule has 1 unspecified atom stereocenters. The van der Waals surface area contributed by atoms with Crippen molar-refractivity contribution in [1.82, 2.24) is 4.57 Å². The maximum absolute atomic E-state index is 11.8. The predicted octanol–water partition coefficient (Wildman–Crippen LogP) is 2.58. The lowest BCUT2D eigenvalue weighted by molar-refractivity contribution is 0.0952. The summed E-state index contributed by atoms with van der Waals surface area (Å²) in [7, 11) is 0. The molecule has 0 fully saturated rings. The van der Waals surface area contributed by atoms with Crippen molar-refractivity contribution in [1.29, 1.82) is 0 Å². The Balaban J connectivity index is 2.53. The van der Waals surface area contributed by atoms with E-state index in [2.05, 4.69) is 25.3 Å². The molecule has 76 valence electrons. The van der Waals surface area contributed by atoms with Crippen LogP contribution in [0.15, 0.2) is 6.07 Å². The number of hydrogen-bond donors (Lipinski definition) is 0. The van der Waals surface area contributed by atoms with Crippen molar-refractivity contribution in [2.75, 3.05) is 0 Å². The van der Waals surface area contributed by atoms with E-state index in [4.69, 9.17) is 0 Å². The van der Waals surface area contributed by atoms with Gasteiger partial charge in [0.15, 0.2) is 5.78 Å². The summed E-state index contributed by atoms with van der Waals surface area (Å²) in [5, 5.41) is 0. The van der Waals surface area contributed by atoms with Gasteiger partial charge in [-0.2, -0.15) is 0 Å². The summed E-state index contributed by atoms with van der Waals surface area (Å²) >= 11 is 0.